The van der Waals surface area contributed by atoms with E-state index in [1.54, 1.807) is 7.05 Å². The Bertz CT molecular complexity index is 698. The van der Waals surface area contributed by atoms with Crippen molar-refractivity contribution in [2.24, 2.45) is 16.8 Å². The average Bonchev–Trinajstić information content (AvgIpc) is 3.08. The molecule has 3 rings (SSSR count). The lowest BCUT2D eigenvalue weighted by Crippen LogP contribution is -2.43. The first-order valence-electron chi connectivity index (χ1n) is 9.54. The summed E-state index contributed by atoms with van der Waals surface area (Å²) in [5, 5.41) is 3.23. The molecule has 1 saturated heterocycles. The zero-order chi connectivity index (χ0) is 18.4. The van der Waals surface area contributed by atoms with Gasteiger partial charge in [0.2, 0.25) is 10.0 Å². The summed E-state index contributed by atoms with van der Waals surface area (Å²) in [6, 6.07) is 9.55. The summed E-state index contributed by atoms with van der Waals surface area (Å²) in [4.78, 5) is 6.65. The number of nitrogens with zero attached hydrogens (tertiary/aromatic N) is 2. The molecule has 0 bridgehead atoms. The van der Waals surface area contributed by atoms with E-state index in [-0.39, 0.29) is 29.7 Å². The number of benzene rings is 1. The minimum Gasteiger partial charge on any atom is -0.355 e. The van der Waals surface area contributed by atoms with E-state index in [1.807, 2.05) is 30.3 Å². The highest BCUT2D eigenvalue weighted by atomic mass is 127. The third-order valence-electron chi connectivity index (χ3n) is 5.48. The predicted molar refractivity (Wildman–Crippen MR) is 121 cm³/mol. The van der Waals surface area contributed by atoms with Crippen molar-refractivity contribution in [3.8, 4) is 0 Å². The van der Waals surface area contributed by atoms with Crippen LogP contribution in [0, 0.1) is 11.8 Å². The number of fused-ring (bicyclic) bond motifs is 1. The van der Waals surface area contributed by atoms with E-state index in [4.69, 9.17) is 0 Å². The van der Waals surface area contributed by atoms with Crippen LogP contribution in [0.1, 0.15) is 31.2 Å². The van der Waals surface area contributed by atoms with Crippen LogP contribution in [-0.2, 0) is 16.6 Å². The molecule has 1 aromatic rings. The number of sulfonamides is 1. The molecule has 6 nitrogen and oxygen atoms in total. The molecule has 27 heavy (non-hydrogen) atoms. The summed E-state index contributed by atoms with van der Waals surface area (Å²) >= 11 is 0. The number of aliphatic imine (C=N–C) groups is 1. The number of nitrogens with one attached hydrogen (secondary N) is 2. The standard InChI is InChI=1S/C19H30N4O2S.HI/c1-20-19(23-14-17-9-5-6-10-18(17)15-23)21-11-12-26(24,25)22-13-16-7-3-2-4-8-16;/h2-4,7-8,17-18,22H,5-6,9-15H2,1H3,(H,20,21);1H. The highest BCUT2D eigenvalue weighted by Gasteiger charge is 2.35. The van der Waals surface area contributed by atoms with Gasteiger partial charge in [-0.2, -0.15) is 0 Å². The monoisotopic (exact) mass is 506 g/mol. The SMILES string of the molecule is CN=C(NCCS(=O)(=O)NCc1ccccc1)N1CC2CCCCC2C1.I. The molecule has 0 aromatic heterocycles. The first kappa shape index (κ1) is 22.4. The van der Waals surface area contributed by atoms with Crippen LogP contribution < -0.4 is 10.0 Å². The Labute approximate surface area is 180 Å². The van der Waals surface area contributed by atoms with E-state index in [9.17, 15) is 8.42 Å². The molecule has 2 aliphatic rings. The molecular weight excluding hydrogens is 475 g/mol. The Kier molecular flexibility index (Phi) is 8.81. The molecule has 1 heterocycles. The van der Waals surface area contributed by atoms with Gasteiger partial charge in [-0.15, -0.1) is 24.0 Å². The van der Waals surface area contributed by atoms with E-state index in [2.05, 4.69) is 19.9 Å². The van der Waals surface area contributed by atoms with Crippen LogP contribution >= 0.6 is 24.0 Å². The van der Waals surface area contributed by atoms with Crippen LogP contribution in [0.15, 0.2) is 35.3 Å². The molecule has 1 aromatic carbocycles. The van der Waals surface area contributed by atoms with Gasteiger partial charge >= 0.3 is 0 Å². The second-order valence-corrected chi connectivity index (χ2v) is 9.24. The Hall–Kier alpha value is -0.870. The van der Waals surface area contributed by atoms with Crippen LogP contribution in [0.5, 0.6) is 0 Å². The molecule has 0 radical (unpaired) electrons. The minimum absolute atomic E-state index is 0. The molecule has 1 saturated carbocycles. The van der Waals surface area contributed by atoms with Crippen molar-refractivity contribution in [1.82, 2.24) is 14.9 Å². The fourth-order valence-corrected chi connectivity index (χ4v) is 4.97. The fourth-order valence-electron chi connectivity index (χ4n) is 4.07. The lowest BCUT2D eigenvalue weighted by atomic mass is 9.82. The van der Waals surface area contributed by atoms with Crippen LogP contribution in [0.4, 0.5) is 0 Å². The van der Waals surface area contributed by atoms with Crippen molar-refractivity contribution in [2.75, 3.05) is 32.4 Å². The number of rotatable bonds is 6. The Morgan fingerprint density at radius 2 is 1.78 bits per heavy atom. The molecule has 0 amide bonds. The van der Waals surface area contributed by atoms with Gasteiger partial charge in [-0.05, 0) is 30.2 Å². The average molecular weight is 506 g/mol. The summed E-state index contributed by atoms with van der Waals surface area (Å²) in [6.45, 7) is 2.78. The summed E-state index contributed by atoms with van der Waals surface area (Å²) in [7, 11) is -1.54. The lowest BCUT2D eigenvalue weighted by molar-refractivity contribution is 0.299. The molecule has 1 aliphatic carbocycles. The Balaban J connectivity index is 0.00000261. The first-order chi connectivity index (χ1) is 12.6. The molecule has 2 fully saturated rings. The van der Waals surface area contributed by atoms with E-state index in [1.165, 1.54) is 25.7 Å². The first-order valence-corrected chi connectivity index (χ1v) is 11.2. The summed E-state index contributed by atoms with van der Waals surface area (Å²) in [5.41, 5.74) is 0.958. The van der Waals surface area contributed by atoms with Crippen molar-refractivity contribution in [3.63, 3.8) is 0 Å². The molecule has 152 valence electrons. The van der Waals surface area contributed by atoms with Crippen LogP contribution in [0.3, 0.4) is 0 Å². The molecule has 2 N–H and O–H groups in total. The summed E-state index contributed by atoms with van der Waals surface area (Å²) in [5.74, 6) is 2.43. The second-order valence-electron chi connectivity index (χ2n) is 7.31. The summed E-state index contributed by atoms with van der Waals surface area (Å²) < 4.78 is 27.0. The van der Waals surface area contributed by atoms with Crippen molar-refractivity contribution in [3.05, 3.63) is 35.9 Å². The number of guanidine groups is 1. The van der Waals surface area contributed by atoms with E-state index >= 15 is 0 Å². The van der Waals surface area contributed by atoms with Gasteiger partial charge in [0.15, 0.2) is 5.96 Å². The largest absolute Gasteiger partial charge is 0.355 e. The second kappa shape index (κ2) is 10.6. The maximum Gasteiger partial charge on any atom is 0.213 e. The molecule has 8 heteroatoms. The fraction of sp³-hybridized carbons (Fsp3) is 0.632. The third kappa shape index (κ3) is 6.60. The highest BCUT2D eigenvalue weighted by molar-refractivity contribution is 14.0. The summed E-state index contributed by atoms with van der Waals surface area (Å²) in [6.07, 6.45) is 5.31. The van der Waals surface area contributed by atoms with Crippen LogP contribution in [0.2, 0.25) is 0 Å². The van der Waals surface area contributed by atoms with Crippen molar-refractivity contribution >= 4 is 40.0 Å². The van der Waals surface area contributed by atoms with Gasteiger partial charge in [-0.25, -0.2) is 13.1 Å². The Morgan fingerprint density at radius 1 is 1.15 bits per heavy atom. The highest BCUT2D eigenvalue weighted by Crippen LogP contribution is 2.35. The van der Waals surface area contributed by atoms with Gasteiger partial charge in [0, 0.05) is 33.2 Å². The van der Waals surface area contributed by atoms with E-state index < -0.39 is 10.0 Å². The maximum atomic E-state index is 12.2. The van der Waals surface area contributed by atoms with E-state index in [0.29, 0.717) is 13.1 Å². The zero-order valence-corrected chi connectivity index (χ0v) is 19.1. The topological polar surface area (TPSA) is 73.8 Å². The molecule has 0 spiro atoms. The van der Waals surface area contributed by atoms with Gasteiger partial charge in [-0.1, -0.05) is 43.2 Å². The predicted octanol–water partition coefficient (Wildman–Crippen LogP) is 2.42. The van der Waals surface area contributed by atoms with E-state index in [0.717, 1.165) is 36.4 Å². The van der Waals surface area contributed by atoms with Gasteiger partial charge in [0.1, 0.15) is 0 Å². The van der Waals surface area contributed by atoms with Crippen molar-refractivity contribution in [2.45, 2.75) is 32.2 Å². The third-order valence-corrected chi connectivity index (χ3v) is 6.81. The number of hydrogen-bond acceptors (Lipinski definition) is 3. The molecule has 2 atom stereocenters. The number of hydrogen-bond donors (Lipinski definition) is 2. The maximum absolute atomic E-state index is 12.2. The molecule has 2 unspecified atom stereocenters. The van der Waals surface area contributed by atoms with Crippen molar-refractivity contribution < 1.29 is 8.42 Å². The van der Waals surface area contributed by atoms with Gasteiger partial charge in [-0.3, -0.25) is 4.99 Å². The minimum atomic E-state index is -3.31. The van der Waals surface area contributed by atoms with Gasteiger partial charge < -0.3 is 10.2 Å². The normalized spacial score (nSPS) is 22.9. The molecular formula is C19H31IN4O2S. The van der Waals surface area contributed by atoms with Crippen LogP contribution in [-0.4, -0.2) is 51.7 Å². The van der Waals surface area contributed by atoms with Crippen LogP contribution in [0.25, 0.3) is 0 Å². The quantitative estimate of drug-likeness (QED) is 0.353. The number of likely N-dealkylation sites (tertiary alicyclic amines) is 1. The Morgan fingerprint density at radius 3 is 2.37 bits per heavy atom. The number of halogens is 1. The van der Waals surface area contributed by atoms with Gasteiger partial charge in [0.05, 0.1) is 5.75 Å². The lowest BCUT2D eigenvalue weighted by Gasteiger charge is -2.22. The smallest absolute Gasteiger partial charge is 0.213 e. The van der Waals surface area contributed by atoms with Crippen molar-refractivity contribution in [1.29, 1.82) is 0 Å². The zero-order valence-electron chi connectivity index (χ0n) is 15.9. The van der Waals surface area contributed by atoms with Gasteiger partial charge in [0.25, 0.3) is 0 Å². The molecule has 1 aliphatic heterocycles.